The van der Waals surface area contributed by atoms with E-state index in [0.29, 0.717) is 16.8 Å². The Labute approximate surface area is 176 Å². The lowest BCUT2D eigenvalue weighted by atomic mass is 10.00. The van der Waals surface area contributed by atoms with Crippen molar-refractivity contribution in [3.8, 4) is 11.5 Å². The number of phenols is 1. The zero-order chi connectivity index (χ0) is 20.9. The molecule has 154 valence electrons. The Morgan fingerprint density at radius 3 is 2.60 bits per heavy atom. The summed E-state index contributed by atoms with van der Waals surface area (Å²) in [6.07, 6.45) is 3.78. The van der Waals surface area contributed by atoms with E-state index in [-0.39, 0.29) is 11.8 Å². The topological polar surface area (TPSA) is 67.5 Å². The molecule has 2 N–H and O–H groups in total. The highest BCUT2D eigenvalue weighted by atomic mass is 16.5. The molecule has 2 aromatic heterocycles. The third-order valence-corrected chi connectivity index (χ3v) is 5.08. The summed E-state index contributed by atoms with van der Waals surface area (Å²) in [6, 6.07) is 19.0. The summed E-state index contributed by atoms with van der Waals surface area (Å²) in [5.74, 6) is 1.71. The number of benzene rings is 2. The van der Waals surface area contributed by atoms with E-state index in [1.54, 1.807) is 6.26 Å². The first-order valence-electron chi connectivity index (χ1n) is 10.3. The van der Waals surface area contributed by atoms with Gasteiger partial charge in [0.2, 0.25) is 0 Å². The number of unbranched alkanes of at least 4 members (excludes halogenated alkanes) is 1. The van der Waals surface area contributed by atoms with Crippen molar-refractivity contribution in [1.29, 1.82) is 0 Å². The van der Waals surface area contributed by atoms with Crippen molar-refractivity contribution < 1.29 is 14.3 Å². The van der Waals surface area contributed by atoms with Crippen molar-refractivity contribution in [3.63, 3.8) is 0 Å². The number of nitrogens with one attached hydrogen (secondary N) is 1. The van der Waals surface area contributed by atoms with Gasteiger partial charge in [0, 0.05) is 22.3 Å². The Hall–Kier alpha value is -3.47. The summed E-state index contributed by atoms with van der Waals surface area (Å²) in [5, 5.41) is 15.4. The molecule has 0 amide bonds. The first kappa shape index (κ1) is 19.8. The van der Waals surface area contributed by atoms with E-state index in [2.05, 4.69) is 17.2 Å². The van der Waals surface area contributed by atoms with Crippen LogP contribution < -0.4 is 10.1 Å². The molecule has 0 saturated heterocycles. The van der Waals surface area contributed by atoms with Gasteiger partial charge >= 0.3 is 0 Å². The van der Waals surface area contributed by atoms with Crippen LogP contribution in [0.3, 0.4) is 0 Å². The minimum absolute atomic E-state index is 0.157. The molecule has 0 bridgehead atoms. The van der Waals surface area contributed by atoms with Gasteiger partial charge in [-0.05, 0) is 55.8 Å². The van der Waals surface area contributed by atoms with Crippen LogP contribution in [0.2, 0.25) is 0 Å². The molecule has 0 aliphatic rings. The van der Waals surface area contributed by atoms with E-state index in [0.717, 1.165) is 42.0 Å². The van der Waals surface area contributed by atoms with Gasteiger partial charge in [-0.25, -0.2) is 4.98 Å². The zero-order valence-electron chi connectivity index (χ0n) is 17.3. The van der Waals surface area contributed by atoms with Gasteiger partial charge in [-0.3, -0.25) is 0 Å². The highest BCUT2D eigenvalue weighted by Crippen LogP contribution is 2.37. The maximum Gasteiger partial charge on any atom is 0.147 e. The molecule has 0 fully saturated rings. The van der Waals surface area contributed by atoms with E-state index >= 15 is 0 Å². The van der Waals surface area contributed by atoms with Gasteiger partial charge in [0.15, 0.2) is 0 Å². The predicted octanol–water partition coefficient (Wildman–Crippen LogP) is 6.22. The van der Waals surface area contributed by atoms with E-state index in [1.807, 2.05) is 67.6 Å². The molecule has 4 rings (SSSR count). The number of anilines is 1. The molecule has 0 saturated carbocycles. The number of nitrogens with zero attached hydrogens (tertiary/aromatic N) is 1. The number of hydrogen-bond acceptors (Lipinski definition) is 5. The summed E-state index contributed by atoms with van der Waals surface area (Å²) < 4.78 is 11.4. The largest absolute Gasteiger partial charge is 0.505 e. The summed E-state index contributed by atoms with van der Waals surface area (Å²) >= 11 is 0. The Morgan fingerprint density at radius 1 is 1.07 bits per heavy atom. The van der Waals surface area contributed by atoms with Gasteiger partial charge in [0.05, 0.1) is 12.9 Å². The average Bonchev–Trinajstić information content (AvgIpc) is 3.29. The fourth-order valence-electron chi connectivity index (χ4n) is 3.43. The second kappa shape index (κ2) is 8.91. The van der Waals surface area contributed by atoms with Crippen LogP contribution in [-0.4, -0.2) is 16.7 Å². The first-order chi connectivity index (χ1) is 14.7. The molecule has 1 atom stereocenters. The SMILES string of the molecule is CCCCOc1ccc(NC(c2ccco2)c2ccc3ccc(C)nc3c2O)cc1. The summed E-state index contributed by atoms with van der Waals surface area (Å²) in [5.41, 5.74) is 3.05. The molecule has 5 heteroatoms. The van der Waals surface area contributed by atoms with E-state index < -0.39 is 0 Å². The molecule has 1 unspecified atom stereocenters. The number of ether oxygens (including phenoxy) is 1. The van der Waals surface area contributed by atoms with E-state index in [4.69, 9.17) is 9.15 Å². The van der Waals surface area contributed by atoms with Crippen LogP contribution in [0.15, 0.2) is 71.3 Å². The molecule has 0 aliphatic heterocycles. The number of pyridine rings is 1. The molecule has 0 radical (unpaired) electrons. The Kier molecular flexibility index (Phi) is 5.89. The number of aromatic hydroxyl groups is 1. The minimum Gasteiger partial charge on any atom is -0.505 e. The quantitative estimate of drug-likeness (QED) is 0.342. The fourth-order valence-corrected chi connectivity index (χ4v) is 3.43. The van der Waals surface area contributed by atoms with Crippen molar-refractivity contribution in [1.82, 2.24) is 4.98 Å². The van der Waals surface area contributed by atoms with Gasteiger partial charge in [0.25, 0.3) is 0 Å². The van der Waals surface area contributed by atoms with Crippen LogP contribution >= 0.6 is 0 Å². The van der Waals surface area contributed by atoms with Crippen LogP contribution in [0.5, 0.6) is 11.5 Å². The van der Waals surface area contributed by atoms with Gasteiger partial charge in [-0.1, -0.05) is 31.5 Å². The third-order valence-electron chi connectivity index (χ3n) is 5.08. The van der Waals surface area contributed by atoms with Crippen LogP contribution in [0.25, 0.3) is 10.9 Å². The number of hydrogen-bond donors (Lipinski definition) is 2. The molecular weight excluding hydrogens is 376 g/mol. The fraction of sp³-hybridized carbons (Fsp3) is 0.240. The molecule has 2 aromatic carbocycles. The summed E-state index contributed by atoms with van der Waals surface area (Å²) in [7, 11) is 0. The van der Waals surface area contributed by atoms with Crippen molar-refractivity contribution in [2.75, 3.05) is 11.9 Å². The predicted molar refractivity (Wildman–Crippen MR) is 119 cm³/mol. The molecule has 5 nitrogen and oxygen atoms in total. The molecular formula is C25H26N2O3. The van der Waals surface area contributed by atoms with Crippen LogP contribution in [0, 0.1) is 6.92 Å². The molecule has 0 spiro atoms. The maximum atomic E-state index is 11.0. The summed E-state index contributed by atoms with van der Waals surface area (Å²) in [6.45, 7) is 4.78. The van der Waals surface area contributed by atoms with Gasteiger partial charge < -0.3 is 19.6 Å². The number of aromatic nitrogens is 1. The van der Waals surface area contributed by atoms with Gasteiger partial charge in [-0.2, -0.15) is 0 Å². The highest BCUT2D eigenvalue weighted by Gasteiger charge is 2.22. The number of fused-ring (bicyclic) bond motifs is 1. The Morgan fingerprint density at radius 2 is 1.87 bits per heavy atom. The lowest BCUT2D eigenvalue weighted by Gasteiger charge is -2.20. The van der Waals surface area contributed by atoms with Crippen LogP contribution in [0.4, 0.5) is 5.69 Å². The second-order valence-electron chi connectivity index (χ2n) is 7.35. The van der Waals surface area contributed by atoms with Crippen LogP contribution in [0.1, 0.15) is 42.8 Å². The lowest BCUT2D eigenvalue weighted by Crippen LogP contribution is -2.12. The number of furan rings is 1. The number of aryl methyl sites for hydroxylation is 1. The zero-order valence-corrected chi connectivity index (χ0v) is 17.3. The number of rotatable bonds is 8. The Balaban J connectivity index is 1.65. The highest BCUT2D eigenvalue weighted by molar-refractivity contribution is 5.86. The second-order valence-corrected chi connectivity index (χ2v) is 7.35. The smallest absolute Gasteiger partial charge is 0.147 e. The lowest BCUT2D eigenvalue weighted by molar-refractivity contribution is 0.309. The van der Waals surface area contributed by atoms with Crippen molar-refractivity contribution in [3.05, 3.63) is 83.9 Å². The molecule has 2 heterocycles. The Bertz CT molecular complexity index is 1110. The molecule has 4 aromatic rings. The maximum absolute atomic E-state index is 11.0. The van der Waals surface area contributed by atoms with E-state index in [1.165, 1.54) is 0 Å². The van der Waals surface area contributed by atoms with Crippen molar-refractivity contribution >= 4 is 16.6 Å². The van der Waals surface area contributed by atoms with Gasteiger partial charge in [-0.15, -0.1) is 0 Å². The first-order valence-corrected chi connectivity index (χ1v) is 10.3. The molecule has 0 aliphatic carbocycles. The molecule has 30 heavy (non-hydrogen) atoms. The number of phenolic OH excluding ortho intramolecular Hbond substituents is 1. The van der Waals surface area contributed by atoms with Crippen molar-refractivity contribution in [2.45, 2.75) is 32.7 Å². The minimum atomic E-state index is -0.362. The standard InChI is InChI=1S/C25H26N2O3/c1-3-4-15-29-20-12-10-19(11-13-20)27-24(22-6-5-16-30-22)21-14-9-18-8-7-17(2)26-23(18)25(21)28/h5-14,16,24,27-28H,3-4,15H2,1-2H3. The third kappa shape index (κ3) is 4.25. The van der Waals surface area contributed by atoms with Gasteiger partial charge in [0.1, 0.15) is 28.8 Å². The van der Waals surface area contributed by atoms with Crippen molar-refractivity contribution in [2.24, 2.45) is 0 Å². The summed E-state index contributed by atoms with van der Waals surface area (Å²) in [4.78, 5) is 4.53. The van der Waals surface area contributed by atoms with E-state index in [9.17, 15) is 5.11 Å². The normalized spacial score (nSPS) is 12.1. The average molecular weight is 402 g/mol. The monoisotopic (exact) mass is 402 g/mol. The van der Waals surface area contributed by atoms with Crippen LogP contribution in [-0.2, 0) is 0 Å².